The van der Waals surface area contributed by atoms with Gasteiger partial charge in [0.1, 0.15) is 0 Å². The maximum atomic E-state index is 9.64. The van der Waals surface area contributed by atoms with Crippen LogP contribution in [0.5, 0.6) is 0 Å². The topological polar surface area (TPSA) is 29.5 Å². The van der Waals surface area contributed by atoms with Gasteiger partial charge in [-0.1, -0.05) is 27.2 Å². The van der Waals surface area contributed by atoms with Crippen molar-refractivity contribution in [3.63, 3.8) is 0 Å². The molecule has 0 aromatic rings. The molecule has 0 aromatic carbocycles. The second kappa shape index (κ2) is 5.50. The van der Waals surface area contributed by atoms with Crippen LogP contribution in [-0.4, -0.2) is 22.9 Å². The number of hydrogen-bond donors (Lipinski definition) is 1. The highest BCUT2D eigenvalue weighted by atomic mass is 16.5. The zero-order chi connectivity index (χ0) is 13.0. The Hall–Kier alpha value is -0.0800. The number of hydrogen-bond acceptors (Lipinski definition) is 2. The van der Waals surface area contributed by atoms with Crippen LogP contribution < -0.4 is 0 Å². The molecule has 0 saturated heterocycles. The molecule has 1 N–H and O–H groups in total. The van der Waals surface area contributed by atoms with Gasteiger partial charge in [-0.05, 0) is 46.0 Å². The first kappa shape index (κ1) is 15.9. The Kier molecular flexibility index (Phi) is 5.48. The molecule has 0 aliphatic carbocycles. The smallest absolute Gasteiger partial charge is 0.0677 e. The normalized spacial score (nSPS) is 14.2. The molecule has 0 spiro atoms. The molecule has 0 atom stereocenters. The lowest BCUT2D eigenvalue weighted by Crippen LogP contribution is -2.42. The number of rotatable bonds is 7. The molecule has 0 saturated carbocycles. The molecule has 0 bridgehead atoms. The molecule has 0 aliphatic heterocycles. The quantitative estimate of drug-likeness (QED) is 0.721. The molecule has 0 amide bonds. The van der Waals surface area contributed by atoms with Crippen LogP contribution in [0.3, 0.4) is 0 Å². The Balaban J connectivity index is 4.24. The largest absolute Gasteiger partial charge is 0.390 e. The first-order valence-electron chi connectivity index (χ1n) is 6.38. The second-order valence-corrected chi connectivity index (χ2v) is 6.56. The molecule has 0 rings (SSSR count). The van der Waals surface area contributed by atoms with Gasteiger partial charge in [0.05, 0.1) is 17.8 Å². The van der Waals surface area contributed by atoms with Gasteiger partial charge in [-0.25, -0.2) is 0 Å². The van der Waals surface area contributed by atoms with E-state index in [1.54, 1.807) is 0 Å². The molecule has 0 aliphatic rings. The molecule has 0 aromatic heterocycles. The Labute approximate surface area is 101 Å². The molecular weight excluding hydrogens is 200 g/mol. The van der Waals surface area contributed by atoms with E-state index in [-0.39, 0.29) is 11.0 Å². The van der Waals surface area contributed by atoms with Crippen LogP contribution in [0.1, 0.15) is 67.7 Å². The van der Waals surface area contributed by atoms with Gasteiger partial charge in [-0.15, -0.1) is 0 Å². The summed E-state index contributed by atoms with van der Waals surface area (Å²) in [7, 11) is 0. The van der Waals surface area contributed by atoms with E-state index in [0.29, 0.717) is 13.0 Å². The molecule has 2 heteroatoms. The standard InChI is InChI=1S/C14H30O2/c1-8-9-12(2,3)14(6,7)16-11-10-13(4,5)15/h15H,8-11H2,1-7H3. The molecule has 0 heterocycles. The molecule has 98 valence electrons. The van der Waals surface area contributed by atoms with E-state index >= 15 is 0 Å². The summed E-state index contributed by atoms with van der Waals surface area (Å²) in [6, 6.07) is 0. The third-order valence-corrected chi connectivity index (χ3v) is 3.68. The molecule has 2 nitrogen and oxygen atoms in total. The molecule has 0 fully saturated rings. The minimum atomic E-state index is -0.634. The van der Waals surface area contributed by atoms with E-state index in [9.17, 15) is 5.11 Å². The lowest BCUT2D eigenvalue weighted by Gasteiger charge is -2.42. The first-order chi connectivity index (χ1) is 7.02. The van der Waals surface area contributed by atoms with Crippen LogP contribution in [0.4, 0.5) is 0 Å². The monoisotopic (exact) mass is 230 g/mol. The van der Waals surface area contributed by atoms with E-state index in [4.69, 9.17) is 4.74 Å². The predicted molar refractivity (Wildman–Crippen MR) is 69.6 cm³/mol. The molecular formula is C14H30O2. The highest BCUT2D eigenvalue weighted by molar-refractivity contribution is 4.87. The van der Waals surface area contributed by atoms with Gasteiger partial charge >= 0.3 is 0 Å². The summed E-state index contributed by atoms with van der Waals surface area (Å²) >= 11 is 0. The SMILES string of the molecule is CCCC(C)(C)C(C)(C)OCCC(C)(C)O. The maximum absolute atomic E-state index is 9.64. The molecule has 0 unspecified atom stereocenters. The van der Waals surface area contributed by atoms with Crippen molar-refractivity contribution in [2.24, 2.45) is 5.41 Å². The number of ether oxygens (including phenoxy) is 1. The molecule has 16 heavy (non-hydrogen) atoms. The van der Waals surface area contributed by atoms with Gasteiger partial charge in [-0.3, -0.25) is 0 Å². The van der Waals surface area contributed by atoms with E-state index in [1.807, 2.05) is 13.8 Å². The van der Waals surface area contributed by atoms with E-state index < -0.39 is 5.60 Å². The fourth-order valence-corrected chi connectivity index (χ4v) is 1.68. The summed E-state index contributed by atoms with van der Waals surface area (Å²) < 4.78 is 5.96. The van der Waals surface area contributed by atoms with Crippen molar-refractivity contribution in [3.8, 4) is 0 Å². The van der Waals surface area contributed by atoms with E-state index in [0.717, 1.165) is 6.42 Å². The Morgan fingerprint density at radius 3 is 1.81 bits per heavy atom. The first-order valence-corrected chi connectivity index (χ1v) is 6.38. The van der Waals surface area contributed by atoms with Crippen LogP contribution in [-0.2, 0) is 4.74 Å². The summed E-state index contributed by atoms with van der Waals surface area (Å²) in [5, 5.41) is 9.64. The predicted octanol–water partition coefficient (Wildman–Crippen LogP) is 3.77. The zero-order valence-electron chi connectivity index (χ0n) is 12.2. The van der Waals surface area contributed by atoms with Crippen LogP contribution in [0, 0.1) is 5.41 Å². The zero-order valence-corrected chi connectivity index (χ0v) is 12.2. The summed E-state index contributed by atoms with van der Waals surface area (Å²) in [5.41, 5.74) is -0.611. The van der Waals surface area contributed by atoms with Crippen LogP contribution in [0.15, 0.2) is 0 Å². The van der Waals surface area contributed by atoms with Gasteiger partial charge in [0, 0.05) is 0 Å². The summed E-state index contributed by atoms with van der Waals surface area (Å²) in [6.45, 7) is 15.3. The average Bonchev–Trinajstić information content (AvgIpc) is 2.00. The van der Waals surface area contributed by atoms with Crippen LogP contribution in [0.25, 0.3) is 0 Å². The third-order valence-electron chi connectivity index (χ3n) is 3.68. The van der Waals surface area contributed by atoms with Gasteiger partial charge in [-0.2, -0.15) is 0 Å². The lowest BCUT2D eigenvalue weighted by atomic mass is 9.74. The van der Waals surface area contributed by atoms with Crippen LogP contribution in [0.2, 0.25) is 0 Å². The van der Waals surface area contributed by atoms with Gasteiger partial charge < -0.3 is 9.84 Å². The fraction of sp³-hybridized carbons (Fsp3) is 1.00. The van der Waals surface area contributed by atoms with Gasteiger partial charge in [0.15, 0.2) is 0 Å². The van der Waals surface area contributed by atoms with Crippen molar-refractivity contribution in [2.75, 3.05) is 6.61 Å². The van der Waals surface area contributed by atoms with Crippen molar-refractivity contribution in [1.82, 2.24) is 0 Å². The Morgan fingerprint density at radius 2 is 1.44 bits per heavy atom. The minimum absolute atomic E-state index is 0.145. The van der Waals surface area contributed by atoms with Crippen molar-refractivity contribution >= 4 is 0 Å². The summed E-state index contributed by atoms with van der Waals surface area (Å²) in [4.78, 5) is 0. The summed E-state index contributed by atoms with van der Waals surface area (Å²) in [6.07, 6.45) is 3.01. The maximum Gasteiger partial charge on any atom is 0.0677 e. The van der Waals surface area contributed by atoms with E-state index in [2.05, 4.69) is 34.6 Å². The minimum Gasteiger partial charge on any atom is -0.390 e. The average molecular weight is 230 g/mol. The molecule has 0 radical (unpaired) electrons. The summed E-state index contributed by atoms with van der Waals surface area (Å²) in [5.74, 6) is 0. The van der Waals surface area contributed by atoms with Crippen molar-refractivity contribution in [2.45, 2.75) is 78.9 Å². The van der Waals surface area contributed by atoms with Crippen molar-refractivity contribution < 1.29 is 9.84 Å². The Morgan fingerprint density at radius 1 is 0.938 bits per heavy atom. The van der Waals surface area contributed by atoms with Crippen molar-refractivity contribution in [3.05, 3.63) is 0 Å². The highest BCUT2D eigenvalue weighted by Crippen LogP contribution is 2.38. The lowest BCUT2D eigenvalue weighted by molar-refractivity contribution is -0.113. The van der Waals surface area contributed by atoms with Gasteiger partial charge in [0.2, 0.25) is 0 Å². The van der Waals surface area contributed by atoms with E-state index in [1.165, 1.54) is 6.42 Å². The highest BCUT2D eigenvalue weighted by Gasteiger charge is 2.37. The second-order valence-electron chi connectivity index (χ2n) is 6.56. The van der Waals surface area contributed by atoms with Crippen molar-refractivity contribution in [1.29, 1.82) is 0 Å². The number of aliphatic hydroxyl groups is 1. The Bertz CT molecular complexity index is 199. The van der Waals surface area contributed by atoms with Crippen LogP contribution >= 0.6 is 0 Å². The fourth-order valence-electron chi connectivity index (χ4n) is 1.68. The third kappa shape index (κ3) is 5.31. The van der Waals surface area contributed by atoms with Gasteiger partial charge in [0.25, 0.3) is 0 Å².